The molecule has 0 saturated heterocycles. The fraction of sp³-hybridized carbons (Fsp3) is 0. The Morgan fingerprint density at radius 3 is 2.74 bits per heavy atom. The molecule has 0 bridgehead atoms. The highest BCUT2D eigenvalue weighted by Gasteiger charge is 2.13. The molecule has 0 spiro atoms. The molecule has 1 heterocycles. The quantitative estimate of drug-likeness (QED) is 0.589. The van der Waals surface area contributed by atoms with Crippen LogP contribution in [0, 0.1) is 10.1 Å². The molecular weight excluding hydrogens is 298 g/mol. The van der Waals surface area contributed by atoms with Crippen molar-refractivity contribution in [3.63, 3.8) is 0 Å². The molecule has 114 valence electrons. The van der Waals surface area contributed by atoms with Crippen molar-refractivity contribution in [3.05, 3.63) is 76.9 Å². The van der Waals surface area contributed by atoms with E-state index < -0.39 is 10.8 Å². The first-order chi connectivity index (χ1) is 11.1. The van der Waals surface area contributed by atoms with Gasteiger partial charge in [0.25, 0.3) is 11.6 Å². The molecular formula is C15H11N5O3. The molecule has 0 aliphatic carbocycles. The molecule has 8 heteroatoms. The largest absolute Gasteiger partial charge is 0.320 e. The summed E-state index contributed by atoms with van der Waals surface area (Å²) in [4.78, 5) is 26.5. The number of hydrogen-bond donors (Lipinski definition) is 1. The molecule has 2 aromatic carbocycles. The van der Waals surface area contributed by atoms with Crippen molar-refractivity contribution in [1.29, 1.82) is 0 Å². The lowest BCUT2D eigenvalue weighted by molar-refractivity contribution is -0.384. The van der Waals surface area contributed by atoms with Crippen molar-refractivity contribution in [2.75, 3.05) is 5.32 Å². The van der Waals surface area contributed by atoms with Crippen molar-refractivity contribution in [2.45, 2.75) is 0 Å². The first-order valence-electron chi connectivity index (χ1n) is 6.65. The maximum absolute atomic E-state index is 12.3. The zero-order valence-corrected chi connectivity index (χ0v) is 11.8. The highest BCUT2D eigenvalue weighted by Crippen LogP contribution is 2.20. The van der Waals surface area contributed by atoms with Gasteiger partial charge in [-0.15, -0.1) is 0 Å². The predicted octanol–water partition coefficient (Wildman–Crippen LogP) is 2.43. The smallest absolute Gasteiger partial charge is 0.270 e. The second kappa shape index (κ2) is 6.06. The number of nitrogens with one attached hydrogen (secondary N) is 1. The number of anilines is 1. The highest BCUT2D eigenvalue weighted by atomic mass is 16.6. The van der Waals surface area contributed by atoms with Gasteiger partial charge in [0.05, 0.1) is 16.3 Å². The summed E-state index contributed by atoms with van der Waals surface area (Å²) in [7, 11) is 0. The van der Waals surface area contributed by atoms with Gasteiger partial charge in [0.2, 0.25) is 0 Å². The van der Waals surface area contributed by atoms with Gasteiger partial charge in [-0.2, -0.15) is 5.10 Å². The number of nitro benzene ring substituents is 1. The average Bonchev–Trinajstić information content (AvgIpc) is 3.09. The first-order valence-corrected chi connectivity index (χ1v) is 6.65. The topological polar surface area (TPSA) is 103 Å². The zero-order valence-electron chi connectivity index (χ0n) is 11.8. The summed E-state index contributed by atoms with van der Waals surface area (Å²) in [6, 6.07) is 12.6. The van der Waals surface area contributed by atoms with Crippen LogP contribution in [0.1, 0.15) is 10.4 Å². The molecule has 23 heavy (non-hydrogen) atoms. The summed E-state index contributed by atoms with van der Waals surface area (Å²) in [5.41, 5.74) is 1.23. The Balaban J connectivity index is 1.89. The van der Waals surface area contributed by atoms with E-state index in [4.69, 9.17) is 0 Å². The lowest BCUT2D eigenvalue weighted by Gasteiger charge is -2.10. The molecule has 0 radical (unpaired) electrons. The summed E-state index contributed by atoms with van der Waals surface area (Å²) in [5.74, 6) is -0.443. The normalized spacial score (nSPS) is 10.3. The van der Waals surface area contributed by atoms with Gasteiger partial charge in [0.15, 0.2) is 0 Å². The van der Waals surface area contributed by atoms with Crippen molar-refractivity contribution in [3.8, 4) is 5.69 Å². The molecule has 1 aromatic heterocycles. The van der Waals surface area contributed by atoms with E-state index in [-0.39, 0.29) is 11.3 Å². The van der Waals surface area contributed by atoms with Gasteiger partial charge < -0.3 is 5.32 Å². The van der Waals surface area contributed by atoms with Crippen molar-refractivity contribution < 1.29 is 9.72 Å². The van der Waals surface area contributed by atoms with Gasteiger partial charge in [0, 0.05) is 17.7 Å². The minimum Gasteiger partial charge on any atom is -0.320 e. The molecule has 0 atom stereocenters. The Morgan fingerprint density at radius 2 is 2.00 bits per heavy atom. The van der Waals surface area contributed by atoms with Crippen LogP contribution in [0.5, 0.6) is 0 Å². The number of para-hydroxylation sites is 2. The van der Waals surface area contributed by atoms with E-state index in [0.29, 0.717) is 11.4 Å². The van der Waals surface area contributed by atoms with E-state index >= 15 is 0 Å². The number of rotatable bonds is 4. The van der Waals surface area contributed by atoms with Crippen LogP contribution < -0.4 is 5.32 Å². The van der Waals surface area contributed by atoms with E-state index in [1.54, 1.807) is 24.3 Å². The molecule has 0 unspecified atom stereocenters. The minimum absolute atomic E-state index is 0.137. The van der Waals surface area contributed by atoms with Gasteiger partial charge in [-0.1, -0.05) is 18.2 Å². The first kappa shape index (κ1) is 14.4. The van der Waals surface area contributed by atoms with Crippen LogP contribution in [0.4, 0.5) is 11.4 Å². The van der Waals surface area contributed by atoms with E-state index in [9.17, 15) is 14.9 Å². The number of non-ortho nitro benzene ring substituents is 1. The number of nitro groups is 1. The fourth-order valence-electron chi connectivity index (χ4n) is 2.07. The van der Waals surface area contributed by atoms with E-state index in [0.717, 1.165) is 0 Å². The molecule has 8 nitrogen and oxygen atoms in total. The third kappa shape index (κ3) is 3.05. The monoisotopic (exact) mass is 309 g/mol. The van der Waals surface area contributed by atoms with Gasteiger partial charge in [-0.05, 0) is 18.2 Å². The Bertz CT molecular complexity index is 861. The van der Waals surface area contributed by atoms with Gasteiger partial charge in [-0.25, -0.2) is 9.67 Å². The standard InChI is InChI=1S/C15H11N5O3/c21-15(11-4-3-5-12(8-11)20(22)23)18-13-6-1-2-7-14(13)19-10-16-9-17-19/h1-10H,(H,18,21). The molecule has 0 aliphatic rings. The molecule has 3 rings (SSSR count). The average molecular weight is 309 g/mol. The summed E-state index contributed by atoms with van der Waals surface area (Å²) in [5, 5.41) is 17.6. The molecule has 1 amide bonds. The third-order valence-electron chi connectivity index (χ3n) is 3.14. The van der Waals surface area contributed by atoms with E-state index in [1.807, 2.05) is 0 Å². The van der Waals surface area contributed by atoms with Crippen LogP contribution >= 0.6 is 0 Å². The maximum Gasteiger partial charge on any atom is 0.270 e. The fourth-order valence-corrected chi connectivity index (χ4v) is 2.07. The van der Waals surface area contributed by atoms with Crippen LogP contribution in [0.25, 0.3) is 5.69 Å². The molecule has 0 saturated carbocycles. The Morgan fingerprint density at radius 1 is 1.17 bits per heavy atom. The number of carbonyl (C=O) groups excluding carboxylic acids is 1. The van der Waals surface area contributed by atoms with Crippen LogP contribution in [-0.2, 0) is 0 Å². The molecule has 0 aliphatic heterocycles. The maximum atomic E-state index is 12.3. The SMILES string of the molecule is O=C(Nc1ccccc1-n1cncn1)c1cccc([N+](=O)[O-])c1. The van der Waals surface area contributed by atoms with Crippen molar-refractivity contribution >= 4 is 17.3 Å². The Hall–Kier alpha value is -3.55. The number of carbonyl (C=O) groups is 1. The summed E-state index contributed by atoms with van der Waals surface area (Å²) < 4.78 is 1.52. The minimum atomic E-state index is -0.542. The number of hydrogen-bond acceptors (Lipinski definition) is 5. The number of amides is 1. The number of benzene rings is 2. The number of aromatic nitrogens is 3. The van der Waals surface area contributed by atoms with Crippen molar-refractivity contribution in [1.82, 2.24) is 14.8 Å². The van der Waals surface area contributed by atoms with Crippen LogP contribution in [0.15, 0.2) is 61.2 Å². The molecule has 3 aromatic rings. The highest BCUT2D eigenvalue weighted by molar-refractivity contribution is 6.05. The molecule has 0 fully saturated rings. The summed E-state index contributed by atoms with van der Waals surface area (Å²) in [6.45, 7) is 0. The van der Waals surface area contributed by atoms with Gasteiger partial charge in [-0.3, -0.25) is 14.9 Å². The number of nitrogens with zero attached hydrogens (tertiary/aromatic N) is 4. The van der Waals surface area contributed by atoms with E-state index in [2.05, 4.69) is 15.4 Å². The second-order valence-electron chi connectivity index (χ2n) is 4.62. The molecule has 1 N–H and O–H groups in total. The van der Waals surface area contributed by atoms with Gasteiger partial charge >= 0.3 is 0 Å². The van der Waals surface area contributed by atoms with Crippen LogP contribution in [0.2, 0.25) is 0 Å². The zero-order chi connectivity index (χ0) is 16.2. The lowest BCUT2D eigenvalue weighted by atomic mass is 10.2. The predicted molar refractivity (Wildman–Crippen MR) is 82.4 cm³/mol. The van der Waals surface area contributed by atoms with Gasteiger partial charge in [0.1, 0.15) is 12.7 Å². The summed E-state index contributed by atoms with van der Waals surface area (Å²) >= 11 is 0. The van der Waals surface area contributed by atoms with Crippen LogP contribution in [0.3, 0.4) is 0 Å². The lowest BCUT2D eigenvalue weighted by Crippen LogP contribution is -2.14. The Labute approximate surface area is 130 Å². The van der Waals surface area contributed by atoms with Crippen LogP contribution in [-0.4, -0.2) is 25.6 Å². The van der Waals surface area contributed by atoms with E-state index in [1.165, 1.54) is 41.6 Å². The Kier molecular flexibility index (Phi) is 3.79. The van der Waals surface area contributed by atoms with Crippen molar-refractivity contribution in [2.24, 2.45) is 0 Å². The summed E-state index contributed by atoms with van der Waals surface area (Å²) in [6.07, 6.45) is 2.90. The third-order valence-corrected chi connectivity index (χ3v) is 3.14. The second-order valence-corrected chi connectivity index (χ2v) is 4.62.